The zero-order chi connectivity index (χ0) is 16.3. The van der Waals surface area contributed by atoms with E-state index in [0.717, 1.165) is 0 Å². The summed E-state index contributed by atoms with van der Waals surface area (Å²) in [6, 6.07) is 0. The van der Waals surface area contributed by atoms with Crippen LogP contribution in [0.4, 0.5) is 19.0 Å². The average Bonchev–Trinajstić information content (AvgIpc) is 2.45. The van der Waals surface area contributed by atoms with Gasteiger partial charge in [-0.25, -0.2) is 4.98 Å². The molecule has 0 saturated carbocycles. The van der Waals surface area contributed by atoms with Crippen molar-refractivity contribution < 1.29 is 18.0 Å². The van der Waals surface area contributed by atoms with Crippen LogP contribution in [0.3, 0.4) is 0 Å². The molecule has 1 aliphatic heterocycles. The first-order chi connectivity index (χ1) is 10.3. The standard InChI is InChI=1S/C13H18F3N5O/c1-19(2)12(22)10-7-17-8-11(18-10)21-5-3-20(4-6-21)9-13(14,15)16/h7-8H,3-6,9H2,1-2H3. The number of carbonyl (C=O) groups excluding carboxylic acids is 1. The second-order valence-electron chi connectivity index (χ2n) is 5.34. The Bertz CT molecular complexity index is 527. The number of piperazine rings is 1. The number of alkyl halides is 3. The SMILES string of the molecule is CN(C)C(=O)c1cncc(N2CCN(CC(F)(F)F)CC2)n1. The Morgan fingerprint density at radius 2 is 1.86 bits per heavy atom. The molecule has 1 aromatic heterocycles. The highest BCUT2D eigenvalue weighted by molar-refractivity contribution is 5.91. The predicted molar refractivity (Wildman–Crippen MR) is 74.8 cm³/mol. The van der Waals surface area contributed by atoms with Crippen LogP contribution in [0.1, 0.15) is 10.5 Å². The van der Waals surface area contributed by atoms with Crippen molar-refractivity contribution in [1.29, 1.82) is 0 Å². The molecule has 2 heterocycles. The van der Waals surface area contributed by atoms with Crippen LogP contribution in [0.5, 0.6) is 0 Å². The molecule has 0 bridgehead atoms. The van der Waals surface area contributed by atoms with Gasteiger partial charge in [0.25, 0.3) is 5.91 Å². The van der Waals surface area contributed by atoms with Crippen LogP contribution in [0.25, 0.3) is 0 Å². The number of carbonyl (C=O) groups is 1. The Morgan fingerprint density at radius 1 is 1.23 bits per heavy atom. The number of halogens is 3. The summed E-state index contributed by atoms with van der Waals surface area (Å²) < 4.78 is 37.1. The van der Waals surface area contributed by atoms with Crippen molar-refractivity contribution in [3.8, 4) is 0 Å². The molecule has 1 fully saturated rings. The van der Waals surface area contributed by atoms with Gasteiger partial charge in [0.15, 0.2) is 0 Å². The second kappa shape index (κ2) is 6.47. The Hall–Kier alpha value is -1.90. The molecule has 0 unspecified atom stereocenters. The van der Waals surface area contributed by atoms with E-state index in [0.29, 0.717) is 32.0 Å². The first kappa shape index (κ1) is 16.5. The Balaban J connectivity index is 2.00. The minimum Gasteiger partial charge on any atom is -0.353 e. The van der Waals surface area contributed by atoms with E-state index >= 15 is 0 Å². The minimum atomic E-state index is -4.18. The van der Waals surface area contributed by atoms with E-state index in [1.54, 1.807) is 14.1 Å². The lowest BCUT2D eigenvalue weighted by Crippen LogP contribution is -2.49. The molecule has 1 amide bonds. The summed E-state index contributed by atoms with van der Waals surface area (Å²) in [5.74, 6) is 0.254. The number of hydrogen-bond donors (Lipinski definition) is 0. The highest BCUT2D eigenvalue weighted by atomic mass is 19.4. The molecule has 0 spiro atoms. The van der Waals surface area contributed by atoms with Gasteiger partial charge in [0.05, 0.1) is 18.9 Å². The van der Waals surface area contributed by atoms with E-state index in [1.807, 2.05) is 4.90 Å². The maximum atomic E-state index is 12.4. The molecule has 0 aliphatic carbocycles. The fraction of sp³-hybridized carbons (Fsp3) is 0.615. The van der Waals surface area contributed by atoms with E-state index in [9.17, 15) is 18.0 Å². The molecular weight excluding hydrogens is 299 g/mol. The van der Waals surface area contributed by atoms with Gasteiger partial charge in [0.1, 0.15) is 11.5 Å². The summed E-state index contributed by atoms with van der Waals surface area (Å²) in [6.45, 7) is 0.542. The molecule has 122 valence electrons. The molecule has 22 heavy (non-hydrogen) atoms. The van der Waals surface area contributed by atoms with Crippen molar-refractivity contribution in [1.82, 2.24) is 19.8 Å². The summed E-state index contributed by atoms with van der Waals surface area (Å²) in [6.07, 6.45) is -1.28. The fourth-order valence-electron chi connectivity index (χ4n) is 2.23. The van der Waals surface area contributed by atoms with E-state index in [1.165, 1.54) is 22.2 Å². The number of hydrogen-bond acceptors (Lipinski definition) is 5. The lowest BCUT2D eigenvalue weighted by atomic mass is 10.3. The van der Waals surface area contributed by atoms with Crippen LogP contribution in [-0.4, -0.2) is 78.7 Å². The van der Waals surface area contributed by atoms with Gasteiger partial charge in [-0.15, -0.1) is 0 Å². The van der Waals surface area contributed by atoms with Crippen molar-refractivity contribution in [2.45, 2.75) is 6.18 Å². The minimum absolute atomic E-state index is 0.222. The Kier molecular flexibility index (Phi) is 4.84. The van der Waals surface area contributed by atoms with Gasteiger partial charge in [0, 0.05) is 40.3 Å². The van der Waals surface area contributed by atoms with Crippen molar-refractivity contribution in [2.75, 3.05) is 51.7 Å². The summed E-state index contributed by atoms with van der Waals surface area (Å²) in [5.41, 5.74) is 0.222. The van der Waals surface area contributed by atoms with Crippen molar-refractivity contribution in [2.24, 2.45) is 0 Å². The molecule has 9 heteroatoms. The molecule has 0 atom stereocenters. The molecule has 0 radical (unpaired) electrons. The third-order valence-electron chi connectivity index (χ3n) is 3.35. The summed E-state index contributed by atoms with van der Waals surface area (Å²) >= 11 is 0. The summed E-state index contributed by atoms with van der Waals surface area (Å²) in [7, 11) is 3.24. The van der Waals surface area contributed by atoms with Crippen LogP contribution in [0, 0.1) is 0 Å². The number of anilines is 1. The van der Waals surface area contributed by atoms with E-state index in [4.69, 9.17) is 0 Å². The van der Waals surface area contributed by atoms with E-state index in [2.05, 4.69) is 9.97 Å². The maximum absolute atomic E-state index is 12.4. The van der Waals surface area contributed by atoms with Gasteiger partial charge in [0.2, 0.25) is 0 Å². The van der Waals surface area contributed by atoms with Crippen molar-refractivity contribution >= 4 is 11.7 Å². The molecule has 1 saturated heterocycles. The largest absolute Gasteiger partial charge is 0.401 e. The lowest BCUT2D eigenvalue weighted by Gasteiger charge is -2.35. The number of rotatable bonds is 3. The van der Waals surface area contributed by atoms with Crippen molar-refractivity contribution in [3.63, 3.8) is 0 Å². The quantitative estimate of drug-likeness (QED) is 0.828. The first-order valence-electron chi connectivity index (χ1n) is 6.84. The summed E-state index contributed by atoms with van der Waals surface area (Å²) in [4.78, 5) is 24.7. The van der Waals surface area contributed by atoms with Crippen LogP contribution in [0.15, 0.2) is 12.4 Å². The maximum Gasteiger partial charge on any atom is 0.401 e. The van der Waals surface area contributed by atoms with E-state index in [-0.39, 0.29) is 11.6 Å². The van der Waals surface area contributed by atoms with Gasteiger partial charge in [-0.1, -0.05) is 0 Å². The highest BCUT2D eigenvalue weighted by Crippen LogP contribution is 2.19. The van der Waals surface area contributed by atoms with Gasteiger partial charge < -0.3 is 9.80 Å². The normalized spacial score (nSPS) is 16.7. The number of aromatic nitrogens is 2. The number of amides is 1. The first-order valence-corrected chi connectivity index (χ1v) is 6.84. The topological polar surface area (TPSA) is 52.6 Å². The molecule has 0 N–H and O–H groups in total. The monoisotopic (exact) mass is 317 g/mol. The third-order valence-corrected chi connectivity index (χ3v) is 3.35. The zero-order valence-corrected chi connectivity index (χ0v) is 12.5. The van der Waals surface area contributed by atoms with Crippen LogP contribution in [0.2, 0.25) is 0 Å². The fourth-order valence-corrected chi connectivity index (χ4v) is 2.23. The van der Waals surface area contributed by atoms with Gasteiger partial charge in [-0.3, -0.25) is 14.7 Å². The zero-order valence-electron chi connectivity index (χ0n) is 12.5. The van der Waals surface area contributed by atoms with Crippen LogP contribution < -0.4 is 4.90 Å². The van der Waals surface area contributed by atoms with E-state index < -0.39 is 12.7 Å². The Morgan fingerprint density at radius 3 is 2.41 bits per heavy atom. The molecule has 6 nitrogen and oxygen atoms in total. The highest BCUT2D eigenvalue weighted by Gasteiger charge is 2.32. The molecule has 2 rings (SSSR count). The smallest absolute Gasteiger partial charge is 0.353 e. The average molecular weight is 317 g/mol. The van der Waals surface area contributed by atoms with Gasteiger partial charge in [-0.2, -0.15) is 13.2 Å². The third kappa shape index (κ3) is 4.30. The summed E-state index contributed by atoms with van der Waals surface area (Å²) in [5, 5.41) is 0. The molecular formula is C13H18F3N5O. The molecule has 0 aromatic carbocycles. The van der Waals surface area contributed by atoms with Crippen LogP contribution >= 0.6 is 0 Å². The van der Waals surface area contributed by atoms with Gasteiger partial charge >= 0.3 is 6.18 Å². The van der Waals surface area contributed by atoms with Crippen molar-refractivity contribution in [3.05, 3.63) is 18.1 Å². The molecule has 1 aliphatic rings. The number of nitrogens with zero attached hydrogens (tertiary/aromatic N) is 5. The van der Waals surface area contributed by atoms with Gasteiger partial charge in [-0.05, 0) is 0 Å². The lowest BCUT2D eigenvalue weighted by molar-refractivity contribution is -0.146. The molecule has 1 aromatic rings. The van der Waals surface area contributed by atoms with Crippen LogP contribution in [-0.2, 0) is 0 Å². The predicted octanol–water partition coefficient (Wildman–Crippen LogP) is 0.863. The Labute approximate surface area is 126 Å². The second-order valence-corrected chi connectivity index (χ2v) is 5.34.